The van der Waals surface area contributed by atoms with Crippen LogP contribution in [0.2, 0.25) is 0 Å². The number of hydrogen-bond acceptors (Lipinski definition) is 1. The highest BCUT2D eigenvalue weighted by Crippen LogP contribution is 2.27. The quantitative estimate of drug-likeness (QED) is 0.821. The molecule has 2 N–H and O–H groups in total. The van der Waals surface area contributed by atoms with Gasteiger partial charge in [-0.25, -0.2) is 0 Å². The lowest BCUT2D eigenvalue weighted by Gasteiger charge is -2.11. The zero-order valence-corrected chi connectivity index (χ0v) is 9.24. The van der Waals surface area contributed by atoms with E-state index in [1.165, 1.54) is 10.8 Å². The highest BCUT2D eigenvalue weighted by atomic mass is 14.5. The van der Waals surface area contributed by atoms with Crippen molar-refractivity contribution in [2.24, 2.45) is 5.73 Å². The Kier molecular flexibility index (Phi) is 2.88. The monoisotopic (exact) mass is 209 g/mol. The predicted molar refractivity (Wildman–Crippen MR) is 72.0 cm³/mol. The third kappa shape index (κ3) is 1.55. The number of hydrogen-bond donors (Lipinski definition) is 1. The zero-order chi connectivity index (χ0) is 11.5. The molecule has 0 amide bonds. The van der Waals surface area contributed by atoms with Crippen LogP contribution in [0.25, 0.3) is 22.9 Å². The maximum absolute atomic E-state index is 5.77. The molecule has 1 heteroatoms. The summed E-state index contributed by atoms with van der Waals surface area (Å²) in [6.45, 7) is 8.24. The molecule has 2 rings (SSSR count). The molecule has 1 nitrogen and oxygen atoms in total. The fraction of sp³-hybridized carbons (Fsp3) is 0.0667. The van der Waals surface area contributed by atoms with E-state index in [0.29, 0.717) is 6.54 Å². The Balaban J connectivity index is 2.94. The summed E-state index contributed by atoms with van der Waals surface area (Å²) in [4.78, 5) is 0. The smallest absolute Gasteiger partial charge is 0.0184 e. The van der Waals surface area contributed by atoms with E-state index in [-0.39, 0.29) is 0 Å². The van der Waals surface area contributed by atoms with Crippen molar-refractivity contribution in [2.45, 2.75) is 6.54 Å². The first-order valence-electron chi connectivity index (χ1n) is 5.31. The van der Waals surface area contributed by atoms with Gasteiger partial charge in [0, 0.05) is 6.54 Å². The Bertz CT molecular complexity index is 553. The van der Waals surface area contributed by atoms with Crippen molar-refractivity contribution in [1.29, 1.82) is 0 Å². The molecule has 0 saturated heterocycles. The van der Waals surface area contributed by atoms with Crippen LogP contribution in [0.4, 0.5) is 0 Å². The number of nitrogens with two attached hydrogens (primary N) is 1. The molecule has 0 aromatic heterocycles. The molecule has 0 aliphatic heterocycles. The van der Waals surface area contributed by atoms with E-state index in [1.54, 1.807) is 0 Å². The van der Waals surface area contributed by atoms with Crippen LogP contribution in [-0.2, 0) is 6.54 Å². The minimum atomic E-state index is 0.540. The second-order valence-corrected chi connectivity index (χ2v) is 3.70. The van der Waals surface area contributed by atoms with Gasteiger partial charge in [-0.3, -0.25) is 0 Å². The van der Waals surface area contributed by atoms with Crippen LogP contribution in [0.3, 0.4) is 0 Å². The van der Waals surface area contributed by atoms with E-state index in [4.69, 9.17) is 5.73 Å². The molecule has 2 aromatic carbocycles. The molecular weight excluding hydrogens is 194 g/mol. The SMILES string of the molecule is C=Cc1cc(CN)c2ccccc2c1C=C. The normalized spacial score (nSPS) is 10.3. The van der Waals surface area contributed by atoms with Crippen molar-refractivity contribution in [3.05, 3.63) is 60.2 Å². The summed E-state index contributed by atoms with van der Waals surface area (Å²) >= 11 is 0. The van der Waals surface area contributed by atoms with Crippen molar-refractivity contribution in [2.75, 3.05) is 0 Å². The predicted octanol–water partition coefficient (Wildman–Crippen LogP) is 3.58. The fourth-order valence-electron chi connectivity index (χ4n) is 2.06. The summed E-state index contributed by atoms with van der Waals surface area (Å²) in [6.07, 6.45) is 3.72. The maximum atomic E-state index is 5.77. The molecular formula is C15H15N. The minimum Gasteiger partial charge on any atom is -0.326 e. The van der Waals surface area contributed by atoms with Gasteiger partial charge < -0.3 is 5.73 Å². The topological polar surface area (TPSA) is 26.0 Å². The lowest BCUT2D eigenvalue weighted by atomic mass is 9.94. The summed E-state index contributed by atoms with van der Waals surface area (Å²) in [7, 11) is 0. The maximum Gasteiger partial charge on any atom is 0.0184 e. The Morgan fingerprint density at radius 1 is 1.06 bits per heavy atom. The van der Waals surface area contributed by atoms with Gasteiger partial charge in [0.2, 0.25) is 0 Å². The van der Waals surface area contributed by atoms with Gasteiger partial charge in [0.1, 0.15) is 0 Å². The van der Waals surface area contributed by atoms with E-state index >= 15 is 0 Å². The van der Waals surface area contributed by atoms with Crippen LogP contribution >= 0.6 is 0 Å². The lowest BCUT2D eigenvalue weighted by Crippen LogP contribution is -1.99. The molecule has 2 aromatic rings. The van der Waals surface area contributed by atoms with Gasteiger partial charge in [0.15, 0.2) is 0 Å². The summed E-state index contributed by atoms with van der Waals surface area (Å²) in [5, 5.41) is 2.39. The summed E-state index contributed by atoms with van der Waals surface area (Å²) < 4.78 is 0. The average molecular weight is 209 g/mol. The number of fused-ring (bicyclic) bond motifs is 1. The van der Waals surface area contributed by atoms with E-state index in [9.17, 15) is 0 Å². The second kappa shape index (κ2) is 4.33. The minimum absolute atomic E-state index is 0.540. The molecule has 0 saturated carbocycles. The van der Waals surface area contributed by atoms with Crippen molar-refractivity contribution < 1.29 is 0 Å². The molecule has 0 aliphatic rings. The summed E-state index contributed by atoms with van der Waals surface area (Å²) in [6, 6.07) is 10.3. The van der Waals surface area contributed by atoms with Crippen LogP contribution in [0.15, 0.2) is 43.5 Å². The Labute approximate surface area is 95.9 Å². The van der Waals surface area contributed by atoms with Crippen molar-refractivity contribution in [3.8, 4) is 0 Å². The standard InChI is InChI=1S/C15H15N/c1-3-11-9-12(10-16)14-7-5-6-8-15(14)13(11)4-2/h3-9H,1-2,10,16H2. The molecule has 80 valence electrons. The van der Waals surface area contributed by atoms with Crippen LogP contribution in [-0.4, -0.2) is 0 Å². The molecule has 0 radical (unpaired) electrons. The van der Waals surface area contributed by atoms with Gasteiger partial charge in [0.05, 0.1) is 0 Å². The van der Waals surface area contributed by atoms with Crippen molar-refractivity contribution in [3.63, 3.8) is 0 Å². The highest BCUT2D eigenvalue weighted by Gasteiger charge is 2.06. The molecule has 0 atom stereocenters. The third-order valence-corrected chi connectivity index (χ3v) is 2.85. The molecule has 0 unspecified atom stereocenters. The van der Waals surface area contributed by atoms with Gasteiger partial charge in [-0.05, 0) is 33.5 Å². The third-order valence-electron chi connectivity index (χ3n) is 2.85. The molecule has 0 fully saturated rings. The van der Waals surface area contributed by atoms with Crippen LogP contribution in [0, 0.1) is 0 Å². The van der Waals surface area contributed by atoms with E-state index in [0.717, 1.165) is 16.7 Å². The van der Waals surface area contributed by atoms with E-state index in [1.807, 2.05) is 24.3 Å². The second-order valence-electron chi connectivity index (χ2n) is 3.70. The summed E-state index contributed by atoms with van der Waals surface area (Å²) in [5.74, 6) is 0. The van der Waals surface area contributed by atoms with Gasteiger partial charge in [-0.2, -0.15) is 0 Å². The van der Waals surface area contributed by atoms with Crippen molar-refractivity contribution in [1.82, 2.24) is 0 Å². The van der Waals surface area contributed by atoms with Crippen LogP contribution in [0.5, 0.6) is 0 Å². The van der Waals surface area contributed by atoms with E-state index < -0.39 is 0 Å². The van der Waals surface area contributed by atoms with E-state index in [2.05, 4.69) is 31.4 Å². The Morgan fingerprint density at radius 3 is 2.31 bits per heavy atom. The number of rotatable bonds is 3. The van der Waals surface area contributed by atoms with Gasteiger partial charge >= 0.3 is 0 Å². The highest BCUT2D eigenvalue weighted by molar-refractivity contribution is 5.96. The molecule has 0 heterocycles. The largest absolute Gasteiger partial charge is 0.326 e. The lowest BCUT2D eigenvalue weighted by molar-refractivity contribution is 1.09. The molecule has 0 bridgehead atoms. The van der Waals surface area contributed by atoms with Crippen LogP contribution < -0.4 is 5.73 Å². The summed E-state index contributed by atoms with van der Waals surface area (Å²) in [5.41, 5.74) is 9.14. The first kappa shape index (κ1) is 10.7. The molecule has 0 spiro atoms. The van der Waals surface area contributed by atoms with Crippen LogP contribution in [0.1, 0.15) is 16.7 Å². The Morgan fingerprint density at radius 2 is 1.75 bits per heavy atom. The Hall–Kier alpha value is -1.86. The average Bonchev–Trinajstić information content (AvgIpc) is 2.36. The molecule has 0 aliphatic carbocycles. The number of benzene rings is 2. The van der Waals surface area contributed by atoms with Gasteiger partial charge in [-0.15, -0.1) is 0 Å². The van der Waals surface area contributed by atoms with Gasteiger partial charge in [-0.1, -0.05) is 49.6 Å². The molecule has 16 heavy (non-hydrogen) atoms. The fourth-order valence-corrected chi connectivity index (χ4v) is 2.06. The zero-order valence-electron chi connectivity index (χ0n) is 9.24. The van der Waals surface area contributed by atoms with Crippen molar-refractivity contribution >= 4 is 22.9 Å². The van der Waals surface area contributed by atoms with Gasteiger partial charge in [0.25, 0.3) is 0 Å². The first-order valence-corrected chi connectivity index (χ1v) is 5.31. The first-order chi connectivity index (χ1) is 7.81.